The van der Waals surface area contributed by atoms with Crippen LogP contribution in [0.15, 0.2) is 84.9 Å². The lowest BCUT2D eigenvalue weighted by molar-refractivity contribution is -0.141. The Labute approximate surface area is 207 Å². The molecule has 178 valence electrons. The Morgan fingerprint density at radius 3 is 2.03 bits per heavy atom. The number of benzene rings is 3. The normalized spacial score (nSPS) is 12.1. The highest BCUT2D eigenvalue weighted by atomic mass is 35.5. The maximum Gasteiger partial charge on any atom is 0.243 e. The first kappa shape index (κ1) is 25.5. The number of rotatable bonds is 9. The molecular weight excluding hydrogens is 444 g/mol. The molecule has 0 spiro atoms. The average Bonchev–Trinajstić information content (AvgIpc) is 2.80. The van der Waals surface area contributed by atoms with E-state index in [-0.39, 0.29) is 11.8 Å². The number of amides is 2. The van der Waals surface area contributed by atoms with E-state index in [0.29, 0.717) is 30.8 Å². The lowest BCUT2D eigenvalue weighted by atomic mass is 10.00. The van der Waals surface area contributed by atoms with Gasteiger partial charge in [0.15, 0.2) is 0 Å². The predicted molar refractivity (Wildman–Crippen MR) is 139 cm³/mol. The largest absolute Gasteiger partial charge is 0.350 e. The van der Waals surface area contributed by atoms with E-state index in [4.69, 9.17) is 11.6 Å². The van der Waals surface area contributed by atoms with Crippen molar-refractivity contribution in [2.45, 2.75) is 58.2 Å². The molecule has 0 unspecified atom stereocenters. The number of nitrogens with zero attached hydrogens (tertiary/aromatic N) is 1. The lowest BCUT2D eigenvalue weighted by Gasteiger charge is -2.34. The van der Waals surface area contributed by atoms with Crippen LogP contribution in [0, 0.1) is 0 Å². The molecule has 2 amide bonds. The summed E-state index contributed by atoms with van der Waals surface area (Å²) in [5.74, 6) is -0.222. The topological polar surface area (TPSA) is 49.4 Å². The van der Waals surface area contributed by atoms with Gasteiger partial charge in [-0.3, -0.25) is 9.59 Å². The van der Waals surface area contributed by atoms with Crippen LogP contribution < -0.4 is 5.32 Å². The third-order valence-corrected chi connectivity index (χ3v) is 5.72. The zero-order valence-corrected chi connectivity index (χ0v) is 20.9. The fourth-order valence-corrected chi connectivity index (χ4v) is 4.09. The predicted octanol–water partition coefficient (Wildman–Crippen LogP) is 5.83. The molecule has 0 saturated heterocycles. The molecule has 5 heteroatoms. The second-order valence-corrected chi connectivity index (χ2v) is 10.0. The minimum Gasteiger partial charge on any atom is -0.350 e. The van der Waals surface area contributed by atoms with Crippen LogP contribution in [-0.2, 0) is 29.0 Å². The van der Waals surface area contributed by atoms with Gasteiger partial charge in [0.25, 0.3) is 0 Å². The van der Waals surface area contributed by atoms with Gasteiger partial charge >= 0.3 is 0 Å². The van der Waals surface area contributed by atoms with Crippen LogP contribution in [-0.4, -0.2) is 28.3 Å². The number of hydrogen-bond donors (Lipinski definition) is 1. The molecule has 1 atom stereocenters. The number of nitrogens with one attached hydrogen (secondary N) is 1. The Bertz CT molecular complexity index is 1080. The van der Waals surface area contributed by atoms with Crippen LogP contribution in [0.1, 0.15) is 43.9 Å². The van der Waals surface area contributed by atoms with Gasteiger partial charge in [0.1, 0.15) is 6.04 Å². The van der Waals surface area contributed by atoms with Crippen molar-refractivity contribution in [3.8, 4) is 0 Å². The Kier molecular flexibility index (Phi) is 8.89. The molecule has 0 saturated carbocycles. The molecule has 0 heterocycles. The number of halogens is 1. The first-order valence-electron chi connectivity index (χ1n) is 11.6. The minimum atomic E-state index is -0.649. The molecule has 3 rings (SSSR count). The summed E-state index contributed by atoms with van der Waals surface area (Å²) in [6.07, 6.45) is 1.36. The molecule has 3 aromatic carbocycles. The molecule has 0 bridgehead atoms. The summed E-state index contributed by atoms with van der Waals surface area (Å²) >= 11 is 6.23. The molecule has 0 aromatic heterocycles. The highest BCUT2D eigenvalue weighted by molar-refractivity contribution is 6.30. The SMILES string of the molecule is CC(C)(C)NC(=O)[C@@H](Cc1ccccc1)N(Cc1cccc(Cl)c1)C(=O)CCc1ccccc1. The smallest absolute Gasteiger partial charge is 0.243 e. The van der Waals surface area contributed by atoms with Gasteiger partial charge in [0, 0.05) is 29.9 Å². The van der Waals surface area contributed by atoms with Gasteiger partial charge in [-0.15, -0.1) is 0 Å². The van der Waals surface area contributed by atoms with Gasteiger partial charge in [-0.2, -0.15) is 0 Å². The lowest BCUT2D eigenvalue weighted by Crippen LogP contribution is -2.54. The summed E-state index contributed by atoms with van der Waals surface area (Å²) in [5, 5.41) is 3.69. The first-order chi connectivity index (χ1) is 16.2. The maximum atomic E-state index is 13.6. The number of aryl methyl sites for hydroxylation is 1. The molecule has 0 aliphatic rings. The molecule has 4 nitrogen and oxygen atoms in total. The molecule has 0 aliphatic heterocycles. The van der Waals surface area contributed by atoms with Crippen molar-refractivity contribution in [3.63, 3.8) is 0 Å². The average molecular weight is 477 g/mol. The molecule has 0 aliphatic carbocycles. The summed E-state index contributed by atoms with van der Waals surface area (Å²) in [7, 11) is 0. The fourth-order valence-electron chi connectivity index (χ4n) is 3.88. The third kappa shape index (κ3) is 8.03. The molecule has 1 N–H and O–H groups in total. The van der Waals surface area contributed by atoms with Gasteiger partial charge < -0.3 is 10.2 Å². The molecule has 3 aromatic rings. The molecule has 34 heavy (non-hydrogen) atoms. The number of hydrogen-bond acceptors (Lipinski definition) is 2. The van der Waals surface area contributed by atoms with Crippen LogP contribution in [0.4, 0.5) is 0 Å². The first-order valence-corrected chi connectivity index (χ1v) is 12.0. The Balaban J connectivity index is 1.92. The second-order valence-electron chi connectivity index (χ2n) is 9.58. The zero-order valence-electron chi connectivity index (χ0n) is 20.1. The van der Waals surface area contributed by atoms with Gasteiger partial charge in [-0.25, -0.2) is 0 Å². The summed E-state index contributed by atoms with van der Waals surface area (Å²) in [6, 6.07) is 26.6. The van der Waals surface area contributed by atoms with E-state index >= 15 is 0 Å². The summed E-state index contributed by atoms with van der Waals surface area (Å²) in [5.41, 5.74) is 2.57. The molecule has 0 fully saturated rings. The molecule has 0 radical (unpaired) electrons. The van der Waals surface area contributed by atoms with Crippen molar-refractivity contribution in [1.29, 1.82) is 0 Å². The van der Waals surface area contributed by atoms with Crippen LogP contribution in [0.5, 0.6) is 0 Å². The van der Waals surface area contributed by atoms with E-state index in [0.717, 1.165) is 16.7 Å². The number of carbonyl (C=O) groups is 2. The van der Waals surface area contributed by atoms with E-state index in [1.807, 2.05) is 99.6 Å². The van der Waals surface area contributed by atoms with Crippen LogP contribution in [0.3, 0.4) is 0 Å². The highest BCUT2D eigenvalue weighted by Crippen LogP contribution is 2.19. The van der Waals surface area contributed by atoms with E-state index in [2.05, 4.69) is 5.32 Å². The van der Waals surface area contributed by atoms with Crippen molar-refractivity contribution in [2.75, 3.05) is 0 Å². The van der Waals surface area contributed by atoms with E-state index in [9.17, 15) is 9.59 Å². The van der Waals surface area contributed by atoms with E-state index in [1.165, 1.54) is 0 Å². The summed E-state index contributed by atoms with van der Waals surface area (Å²) in [4.78, 5) is 28.8. The monoisotopic (exact) mass is 476 g/mol. The standard InChI is InChI=1S/C29H33ClN2O2/c1-29(2,3)31-28(34)26(20-23-13-8-5-9-14-23)32(21-24-15-10-16-25(30)19-24)27(33)18-17-22-11-6-4-7-12-22/h4-16,19,26H,17-18,20-21H2,1-3H3,(H,31,34)/t26-/m1/s1. The minimum absolute atomic E-state index is 0.0613. The van der Waals surface area contributed by atoms with Crippen LogP contribution >= 0.6 is 11.6 Å². The highest BCUT2D eigenvalue weighted by Gasteiger charge is 2.32. The van der Waals surface area contributed by atoms with Gasteiger partial charge in [-0.1, -0.05) is 84.4 Å². The summed E-state index contributed by atoms with van der Waals surface area (Å²) in [6.45, 7) is 6.15. The van der Waals surface area contributed by atoms with Crippen molar-refractivity contribution in [3.05, 3.63) is 107 Å². The van der Waals surface area contributed by atoms with Crippen LogP contribution in [0.25, 0.3) is 0 Å². The van der Waals surface area contributed by atoms with Crippen molar-refractivity contribution in [2.24, 2.45) is 0 Å². The fraction of sp³-hybridized carbons (Fsp3) is 0.310. The number of carbonyl (C=O) groups excluding carboxylic acids is 2. The third-order valence-electron chi connectivity index (χ3n) is 5.48. The van der Waals surface area contributed by atoms with Gasteiger partial charge in [0.05, 0.1) is 0 Å². The van der Waals surface area contributed by atoms with Crippen molar-refractivity contribution in [1.82, 2.24) is 10.2 Å². The Morgan fingerprint density at radius 2 is 1.44 bits per heavy atom. The summed E-state index contributed by atoms with van der Waals surface area (Å²) < 4.78 is 0. The van der Waals surface area contributed by atoms with Crippen molar-refractivity contribution < 1.29 is 9.59 Å². The van der Waals surface area contributed by atoms with Gasteiger partial charge in [0.2, 0.25) is 11.8 Å². The quantitative estimate of drug-likeness (QED) is 0.422. The van der Waals surface area contributed by atoms with Crippen LogP contribution in [0.2, 0.25) is 5.02 Å². The Morgan fingerprint density at radius 1 is 0.853 bits per heavy atom. The Hall–Kier alpha value is -3.11. The van der Waals surface area contributed by atoms with E-state index < -0.39 is 11.6 Å². The zero-order chi connectivity index (χ0) is 24.6. The van der Waals surface area contributed by atoms with Gasteiger partial charge in [-0.05, 0) is 56.0 Å². The van der Waals surface area contributed by atoms with E-state index in [1.54, 1.807) is 11.0 Å². The van der Waals surface area contributed by atoms with Crippen molar-refractivity contribution >= 4 is 23.4 Å². The second kappa shape index (κ2) is 11.8. The molecular formula is C29H33ClN2O2. The maximum absolute atomic E-state index is 13.6.